The molecule has 0 saturated heterocycles. The lowest BCUT2D eigenvalue weighted by Gasteiger charge is -2.24. The molecule has 4 heteroatoms. The zero-order valence-corrected chi connectivity index (χ0v) is 12.7. The molecule has 2 nitrogen and oxygen atoms in total. The predicted octanol–water partition coefficient (Wildman–Crippen LogP) is 2.85. The van der Waals surface area contributed by atoms with Crippen LogP contribution in [0.15, 0.2) is 60.7 Å². The smallest absolute Gasteiger partial charge is 0.196 e. The van der Waals surface area contributed by atoms with Crippen LogP contribution in [0.5, 0.6) is 0 Å². The molecule has 2 aromatic rings. The molecule has 2 rings (SSSR count). The minimum atomic E-state index is -2.91. The van der Waals surface area contributed by atoms with Gasteiger partial charge in [0.25, 0.3) is 0 Å². The first kappa shape index (κ1) is 14.0. The molecular weight excluding hydrogens is 273 g/mol. The fourth-order valence-electron chi connectivity index (χ4n) is 1.93. The lowest BCUT2D eigenvalue weighted by atomic mass is 10.4. The maximum atomic E-state index is 13.6. The maximum Gasteiger partial charge on any atom is 0.196 e. The van der Waals surface area contributed by atoms with Crippen LogP contribution in [-0.2, 0) is 4.57 Å². The molecule has 2 aromatic carbocycles. The average Bonchev–Trinajstić information content (AvgIpc) is 2.47. The minimum absolute atomic E-state index is 0.477. The molecule has 0 bridgehead atoms. The van der Waals surface area contributed by atoms with Crippen LogP contribution in [0.1, 0.15) is 0 Å². The van der Waals surface area contributed by atoms with E-state index >= 15 is 0 Å². The van der Waals surface area contributed by atoms with E-state index in [4.69, 9.17) is 12.2 Å². The molecule has 0 amide bonds. The summed E-state index contributed by atoms with van der Waals surface area (Å²) in [6.07, 6.45) is 0. The summed E-state index contributed by atoms with van der Waals surface area (Å²) in [5.74, 6) is 0. The van der Waals surface area contributed by atoms with Crippen molar-refractivity contribution < 1.29 is 4.57 Å². The quantitative estimate of drug-likeness (QED) is 0.640. The van der Waals surface area contributed by atoms with Crippen molar-refractivity contribution in [3.63, 3.8) is 0 Å². The first-order chi connectivity index (χ1) is 9.06. The van der Waals surface area contributed by atoms with Gasteiger partial charge in [-0.1, -0.05) is 72.9 Å². The largest absolute Gasteiger partial charge is 0.366 e. The minimum Gasteiger partial charge on any atom is -0.366 e. The summed E-state index contributed by atoms with van der Waals surface area (Å²) >= 11 is 5.44. The topological polar surface area (TPSA) is 20.3 Å². The Kier molecular flexibility index (Phi) is 4.18. The highest BCUT2D eigenvalue weighted by molar-refractivity contribution is 8.07. The Hall–Kier alpha value is -1.44. The molecule has 0 radical (unpaired) electrons. The molecule has 0 aliphatic heterocycles. The van der Waals surface area contributed by atoms with E-state index in [0.29, 0.717) is 4.73 Å². The summed E-state index contributed by atoms with van der Waals surface area (Å²) in [6.45, 7) is 0. The van der Waals surface area contributed by atoms with Crippen molar-refractivity contribution in [2.45, 2.75) is 0 Å². The zero-order chi connectivity index (χ0) is 13.9. The first-order valence-electron chi connectivity index (χ1n) is 6.00. The number of nitrogens with zero attached hydrogens (tertiary/aromatic N) is 1. The van der Waals surface area contributed by atoms with Crippen LogP contribution in [-0.4, -0.2) is 23.7 Å². The van der Waals surface area contributed by atoms with E-state index in [1.165, 1.54) is 0 Å². The molecule has 0 heterocycles. The monoisotopic (exact) mass is 289 g/mol. The van der Waals surface area contributed by atoms with Crippen LogP contribution >= 0.6 is 19.4 Å². The van der Waals surface area contributed by atoms with Gasteiger partial charge in [0.15, 0.2) is 7.14 Å². The number of benzene rings is 2. The van der Waals surface area contributed by atoms with Crippen molar-refractivity contribution in [1.82, 2.24) is 4.90 Å². The molecule has 0 atom stereocenters. The lowest BCUT2D eigenvalue weighted by molar-refractivity contribution is 0.585. The average molecular weight is 289 g/mol. The normalized spacial score (nSPS) is 11.1. The van der Waals surface area contributed by atoms with E-state index < -0.39 is 7.14 Å². The van der Waals surface area contributed by atoms with Gasteiger partial charge in [-0.2, -0.15) is 0 Å². The second-order valence-corrected chi connectivity index (χ2v) is 7.82. The number of hydrogen-bond acceptors (Lipinski definition) is 2. The number of hydrogen-bond donors (Lipinski definition) is 0. The summed E-state index contributed by atoms with van der Waals surface area (Å²) < 4.78 is 14.1. The number of thiocarbonyl (C=S) groups is 1. The molecule has 0 N–H and O–H groups in total. The Morgan fingerprint density at radius 1 is 0.895 bits per heavy atom. The highest BCUT2D eigenvalue weighted by atomic mass is 32.1. The second kappa shape index (κ2) is 5.68. The third-order valence-electron chi connectivity index (χ3n) is 2.89. The van der Waals surface area contributed by atoms with Gasteiger partial charge in [-0.15, -0.1) is 0 Å². The highest BCUT2D eigenvalue weighted by Gasteiger charge is 2.33. The molecule has 0 aromatic heterocycles. The summed E-state index contributed by atoms with van der Waals surface area (Å²) in [7, 11) is 0.755. The summed E-state index contributed by atoms with van der Waals surface area (Å²) in [5, 5.41) is 1.56. The molecule has 0 fully saturated rings. The van der Waals surface area contributed by atoms with E-state index in [9.17, 15) is 4.57 Å². The van der Waals surface area contributed by atoms with Gasteiger partial charge in [0.2, 0.25) is 0 Å². The third-order valence-corrected chi connectivity index (χ3v) is 7.02. The van der Waals surface area contributed by atoms with Crippen molar-refractivity contribution in [2.24, 2.45) is 0 Å². The van der Waals surface area contributed by atoms with E-state index in [1.807, 2.05) is 74.8 Å². The van der Waals surface area contributed by atoms with E-state index in [1.54, 1.807) is 4.90 Å². The summed E-state index contributed by atoms with van der Waals surface area (Å²) in [4.78, 5) is 1.76. The molecule has 0 unspecified atom stereocenters. The van der Waals surface area contributed by atoms with Gasteiger partial charge in [-0.25, -0.2) is 0 Å². The summed E-state index contributed by atoms with van der Waals surface area (Å²) in [5.41, 5.74) is 0. The van der Waals surface area contributed by atoms with Crippen molar-refractivity contribution in [3.8, 4) is 0 Å². The van der Waals surface area contributed by atoms with Crippen LogP contribution in [0.25, 0.3) is 0 Å². The Balaban J connectivity index is 2.65. The molecule has 0 saturated carbocycles. The summed E-state index contributed by atoms with van der Waals surface area (Å²) in [6, 6.07) is 18.9. The van der Waals surface area contributed by atoms with Crippen molar-refractivity contribution in [2.75, 3.05) is 14.1 Å². The van der Waals surface area contributed by atoms with Gasteiger partial charge in [0.05, 0.1) is 0 Å². The Bertz CT molecular complexity index is 567. The van der Waals surface area contributed by atoms with Gasteiger partial charge in [0.1, 0.15) is 4.73 Å². The Morgan fingerprint density at radius 3 is 1.58 bits per heavy atom. The highest BCUT2D eigenvalue weighted by Crippen LogP contribution is 2.45. The fraction of sp³-hybridized carbons (Fsp3) is 0.133. The second-order valence-electron chi connectivity index (χ2n) is 4.46. The molecule has 0 aliphatic rings. The lowest BCUT2D eigenvalue weighted by Crippen LogP contribution is -2.30. The molecule has 0 aliphatic carbocycles. The first-order valence-corrected chi connectivity index (χ1v) is 8.11. The van der Waals surface area contributed by atoms with Crippen LogP contribution < -0.4 is 10.6 Å². The van der Waals surface area contributed by atoms with Crippen LogP contribution in [0, 0.1) is 0 Å². The Labute approximate surface area is 119 Å². The SMILES string of the molecule is CN(C)C(=S)P(=O)(c1ccccc1)c1ccccc1. The van der Waals surface area contributed by atoms with Gasteiger partial charge in [-0.05, 0) is 0 Å². The van der Waals surface area contributed by atoms with E-state index in [-0.39, 0.29) is 0 Å². The predicted molar refractivity (Wildman–Crippen MR) is 86.0 cm³/mol. The van der Waals surface area contributed by atoms with Crippen LogP contribution in [0.2, 0.25) is 0 Å². The maximum absolute atomic E-state index is 13.6. The van der Waals surface area contributed by atoms with Crippen molar-refractivity contribution in [3.05, 3.63) is 60.7 Å². The van der Waals surface area contributed by atoms with Crippen molar-refractivity contribution >= 4 is 34.7 Å². The molecular formula is C15H16NOPS. The third kappa shape index (κ3) is 2.63. The van der Waals surface area contributed by atoms with Crippen LogP contribution in [0.4, 0.5) is 0 Å². The van der Waals surface area contributed by atoms with Gasteiger partial charge in [-0.3, -0.25) is 0 Å². The Morgan fingerprint density at radius 2 is 1.26 bits per heavy atom. The standard InChI is InChI=1S/C15H16NOPS/c1-16(2)15(19)18(17,13-9-5-3-6-10-13)14-11-7-4-8-12-14/h3-12H,1-2H3. The molecule has 0 spiro atoms. The molecule has 98 valence electrons. The zero-order valence-electron chi connectivity index (χ0n) is 11.0. The van der Waals surface area contributed by atoms with Gasteiger partial charge < -0.3 is 9.46 Å². The molecule has 19 heavy (non-hydrogen) atoms. The van der Waals surface area contributed by atoms with Crippen LogP contribution in [0.3, 0.4) is 0 Å². The fourth-order valence-corrected chi connectivity index (χ4v) is 5.05. The van der Waals surface area contributed by atoms with Gasteiger partial charge >= 0.3 is 0 Å². The van der Waals surface area contributed by atoms with E-state index in [0.717, 1.165) is 10.6 Å². The van der Waals surface area contributed by atoms with Gasteiger partial charge in [0, 0.05) is 24.7 Å². The van der Waals surface area contributed by atoms with E-state index in [2.05, 4.69) is 0 Å². The number of rotatable bonds is 3. The van der Waals surface area contributed by atoms with Crippen molar-refractivity contribution in [1.29, 1.82) is 0 Å².